The summed E-state index contributed by atoms with van der Waals surface area (Å²) in [4.78, 5) is 22.4. The number of rotatable bonds is 9. The molecular formula is C15H26N2O3. The van der Waals surface area contributed by atoms with Gasteiger partial charge in [-0.1, -0.05) is 20.3 Å². The second kappa shape index (κ2) is 10.1. The molecule has 3 atom stereocenters. The molecule has 0 bridgehead atoms. The van der Waals surface area contributed by atoms with E-state index in [9.17, 15) is 9.59 Å². The number of hydrogen-bond donors (Lipinski definition) is 3. The van der Waals surface area contributed by atoms with Crippen LogP contribution in [0.1, 0.15) is 52.9 Å². The maximum Gasteiger partial charge on any atom is 0.315 e. The molecule has 2 amide bonds. The Labute approximate surface area is 121 Å². The summed E-state index contributed by atoms with van der Waals surface area (Å²) < 4.78 is 0. The Hall–Kier alpha value is -1.70. The smallest absolute Gasteiger partial charge is 0.315 e. The lowest BCUT2D eigenvalue weighted by Crippen LogP contribution is -2.45. The highest BCUT2D eigenvalue weighted by Gasteiger charge is 2.13. The molecule has 0 rings (SSSR count). The number of carboxylic acids is 1. The lowest BCUT2D eigenvalue weighted by molar-refractivity contribution is -0.141. The molecule has 114 valence electrons. The fraction of sp³-hybridized carbons (Fsp3) is 0.733. The first-order valence-electron chi connectivity index (χ1n) is 7.13. The first kappa shape index (κ1) is 18.3. The zero-order chi connectivity index (χ0) is 15.5. The molecule has 0 saturated carbocycles. The lowest BCUT2D eigenvalue weighted by Gasteiger charge is -2.19. The molecule has 0 aliphatic carbocycles. The molecular weight excluding hydrogens is 256 g/mol. The fourth-order valence-corrected chi connectivity index (χ4v) is 1.82. The third-order valence-corrected chi connectivity index (χ3v) is 3.27. The van der Waals surface area contributed by atoms with Crippen molar-refractivity contribution in [1.82, 2.24) is 10.6 Å². The molecule has 5 nitrogen and oxygen atoms in total. The quantitative estimate of drug-likeness (QED) is 0.568. The SMILES string of the molecule is C#CCC(CC)NC(=O)NC(C)CCCC(C)C(=O)O. The van der Waals surface area contributed by atoms with Crippen LogP contribution in [-0.2, 0) is 4.79 Å². The van der Waals surface area contributed by atoms with Crippen molar-refractivity contribution in [3.63, 3.8) is 0 Å². The molecule has 5 heteroatoms. The first-order chi connectivity index (χ1) is 9.40. The number of urea groups is 1. The van der Waals surface area contributed by atoms with E-state index >= 15 is 0 Å². The summed E-state index contributed by atoms with van der Waals surface area (Å²) in [5.41, 5.74) is 0. The van der Waals surface area contributed by atoms with Gasteiger partial charge in [0.15, 0.2) is 0 Å². The number of nitrogens with one attached hydrogen (secondary N) is 2. The third kappa shape index (κ3) is 8.41. The van der Waals surface area contributed by atoms with Crippen LogP contribution in [0.5, 0.6) is 0 Å². The van der Waals surface area contributed by atoms with Crippen molar-refractivity contribution in [2.24, 2.45) is 5.92 Å². The highest BCUT2D eigenvalue weighted by molar-refractivity contribution is 5.74. The van der Waals surface area contributed by atoms with Crippen LogP contribution in [0.3, 0.4) is 0 Å². The van der Waals surface area contributed by atoms with Gasteiger partial charge >= 0.3 is 12.0 Å². The van der Waals surface area contributed by atoms with Crippen LogP contribution in [0.4, 0.5) is 4.79 Å². The summed E-state index contributed by atoms with van der Waals surface area (Å²) in [7, 11) is 0. The van der Waals surface area contributed by atoms with Gasteiger partial charge in [0.25, 0.3) is 0 Å². The van der Waals surface area contributed by atoms with Gasteiger partial charge in [-0.05, 0) is 26.2 Å². The predicted octanol–water partition coefficient (Wildman–Crippen LogP) is 2.37. The Morgan fingerprint density at radius 3 is 2.40 bits per heavy atom. The van der Waals surface area contributed by atoms with Crippen LogP contribution in [0.15, 0.2) is 0 Å². The minimum Gasteiger partial charge on any atom is -0.481 e. The number of hydrogen-bond acceptors (Lipinski definition) is 2. The molecule has 0 radical (unpaired) electrons. The number of carbonyl (C=O) groups is 2. The van der Waals surface area contributed by atoms with Crippen molar-refractivity contribution >= 4 is 12.0 Å². The zero-order valence-electron chi connectivity index (χ0n) is 12.6. The van der Waals surface area contributed by atoms with Crippen LogP contribution in [0.25, 0.3) is 0 Å². The number of carboxylic acid groups (broad SMARTS) is 1. The average molecular weight is 282 g/mol. The van der Waals surface area contributed by atoms with E-state index in [4.69, 9.17) is 11.5 Å². The van der Waals surface area contributed by atoms with Gasteiger partial charge in [-0.15, -0.1) is 12.3 Å². The van der Waals surface area contributed by atoms with E-state index in [-0.39, 0.29) is 24.0 Å². The molecule has 3 unspecified atom stereocenters. The van der Waals surface area contributed by atoms with E-state index in [1.165, 1.54) is 0 Å². The van der Waals surface area contributed by atoms with E-state index in [0.29, 0.717) is 12.8 Å². The Morgan fingerprint density at radius 1 is 1.25 bits per heavy atom. The Kier molecular flexibility index (Phi) is 9.27. The van der Waals surface area contributed by atoms with Crippen molar-refractivity contribution in [2.45, 2.75) is 65.0 Å². The molecule has 0 saturated heterocycles. The van der Waals surface area contributed by atoms with E-state index in [0.717, 1.165) is 19.3 Å². The van der Waals surface area contributed by atoms with E-state index in [1.807, 2.05) is 13.8 Å². The molecule has 0 aromatic rings. The second-order valence-corrected chi connectivity index (χ2v) is 5.20. The summed E-state index contributed by atoms with van der Waals surface area (Å²) in [5.74, 6) is 1.43. The first-order valence-corrected chi connectivity index (χ1v) is 7.13. The van der Waals surface area contributed by atoms with E-state index in [2.05, 4.69) is 16.6 Å². The van der Waals surface area contributed by atoms with Gasteiger partial charge in [0, 0.05) is 18.5 Å². The molecule has 0 fully saturated rings. The van der Waals surface area contributed by atoms with Crippen molar-refractivity contribution in [3.8, 4) is 12.3 Å². The highest BCUT2D eigenvalue weighted by atomic mass is 16.4. The van der Waals surface area contributed by atoms with Crippen LogP contribution in [0.2, 0.25) is 0 Å². The van der Waals surface area contributed by atoms with Gasteiger partial charge in [0.05, 0.1) is 5.92 Å². The van der Waals surface area contributed by atoms with E-state index in [1.54, 1.807) is 6.92 Å². The Morgan fingerprint density at radius 2 is 1.90 bits per heavy atom. The number of terminal acetylenes is 1. The Bertz CT molecular complexity index is 350. The van der Waals surface area contributed by atoms with Gasteiger partial charge < -0.3 is 15.7 Å². The van der Waals surface area contributed by atoms with Crippen LogP contribution >= 0.6 is 0 Å². The monoisotopic (exact) mass is 282 g/mol. The summed E-state index contributed by atoms with van der Waals surface area (Å²) in [6.45, 7) is 5.57. The summed E-state index contributed by atoms with van der Waals surface area (Å²) >= 11 is 0. The van der Waals surface area contributed by atoms with Crippen LogP contribution in [-0.4, -0.2) is 29.2 Å². The molecule has 0 spiro atoms. The normalized spacial score (nSPS) is 14.7. The largest absolute Gasteiger partial charge is 0.481 e. The van der Waals surface area contributed by atoms with Crippen molar-refractivity contribution in [3.05, 3.63) is 0 Å². The van der Waals surface area contributed by atoms with Gasteiger partial charge in [0.2, 0.25) is 0 Å². The topological polar surface area (TPSA) is 78.4 Å². The van der Waals surface area contributed by atoms with Gasteiger partial charge in [-0.3, -0.25) is 4.79 Å². The predicted molar refractivity (Wildman–Crippen MR) is 79.3 cm³/mol. The minimum absolute atomic E-state index is 0.000711. The summed E-state index contributed by atoms with van der Waals surface area (Å²) in [6, 6.07) is -0.204. The Balaban J connectivity index is 3.90. The molecule has 20 heavy (non-hydrogen) atoms. The summed E-state index contributed by atoms with van der Waals surface area (Å²) in [5, 5.41) is 14.4. The van der Waals surface area contributed by atoms with Gasteiger partial charge in [-0.25, -0.2) is 4.79 Å². The molecule has 0 heterocycles. The average Bonchev–Trinajstić information content (AvgIpc) is 2.37. The lowest BCUT2D eigenvalue weighted by atomic mass is 10.0. The highest BCUT2D eigenvalue weighted by Crippen LogP contribution is 2.09. The van der Waals surface area contributed by atoms with Crippen molar-refractivity contribution in [1.29, 1.82) is 0 Å². The number of carbonyl (C=O) groups excluding carboxylic acids is 1. The third-order valence-electron chi connectivity index (χ3n) is 3.27. The van der Waals surface area contributed by atoms with Crippen LogP contribution in [0, 0.1) is 18.3 Å². The molecule has 0 aromatic carbocycles. The van der Waals surface area contributed by atoms with Crippen molar-refractivity contribution < 1.29 is 14.7 Å². The zero-order valence-corrected chi connectivity index (χ0v) is 12.6. The number of amides is 2. The fourth-order valence-electron chi connectivity index (χ4n) is 1.82. The molecule has 0 aliphatic rings. The maximum absolute atomic E-state index is 11.7. The maximum atomic E-state index is 11.7. The molecule has 0 aliphatic heterocycles. The van der Waals surface area contributed by atoms with Crippen LogP contribution < -0.4 is 10.6 Å². The van der Waals surface area contributed by atoms with Gasteiger partial charge in [-0.2, -0.15) is 0 Å². The standard InChI is InChI=1S/C15H26N2O3/c1-5-8-13(6-2)17-15(20)16-12(4)10-7-9-11(3)14(18)19/h1,11-13H,6-10H2,2-4H3,(H,18,19)(H2,16,17,20). The van der Waals surface area contributed by atoms with E-state index < -0.39 is 5.97 Å². The van der Waals surface area contributed by atoms with Crippen molar-refractivity contribution in [2.75, 3.05) is 0 Å². The van der Waals surface area contributed by atoms with Gasteiger partial charge in [0.1, 0.15) is 0 Å². The molecule has 0 aromatic heterocycles. The summed E-state index contributed by atoms with van der Waals surface area (Å²) in [6.07, 6.45) is 8.70. The number of aliphatic carboxylic acids is 1. The minimum atomic E-state index is -0.775. The molecule has 3 N–H and O–H groups in total. The second-order valence-electron chi connectivity index (χ2n) is 5.20.